The van der Waals surface area contributed by atoms with Gasteiger partial charge in [-0.2, -0.15) is 0 Å². The highest BCUT2D eigenvalue weighted by Crippen LogP contribution is 2.18. The first kappa shape index (κ1) is 23.3. The third-order valence-electron chi connectivity index (χ3n) is 4.83. The van der Waals surface area contributed by atoms with Crippen LogP contribution in [0.5, 0.6) is 11.5 Å². The molecular weight excluding hydrogens is 420 g/mol. The second kappa shape index (κ2) is 11.9. The lowest BCUT2D eigenvalue weighted by Crippen LogP contribution is -2.34. The smallest absolute Gasteiger partial charge is 0.257 e. The zero-order chi connectivity index (χ0) is 22.8. The molecule has 5 nitrogen and oxygen atoms in total. The van der Waals surface area contributed by atoms with Crippen molar-refractivity contribution in [1.82, 2.24) is 5.32 Å². The van der Waals surface area contributed by atoms with Gasteiger partial charge in [0, 0.05) is 23.7 Å². The van der Waals surface area contributed by atoms with Crippen LogP contribution in [0.3, 0.4) is 0 Å². The van der Waals surface area contributed by atoms with E-state index in [1.165, 1.54) is 5.56 Å². The number of hydrogen-bond acceptors (Lipinski definition) is 4. The van der Waals surface area contributed by atoms with Gasteiger partial charge in [0.2, 0.25) is 0 Å². The second-order valence-corrected chi connectivity index (χ2v) is 7.79. The molecule has 32 heavy (non-hydrogen) atoms. The van der Waals surface area contributed by atoms with Crippen LogP contribution in [-0.4, -0.2) is 23.7 Å². The summed E-state index contributed by atoms with van der Waals surface area (Å²) < 4.78 is 11.6. The van der Waals surface area contributed by atoms with Crippen LogP contribution in [0.25, 0.3) is 0 Å². The highest BCUT2D eigenvalue weighted by Gasteiger charge is 2.10. The Morgan fingerprint density at radius 1 is 0.969 bits per heavy atom. The van der Waals surface area contributed by atoms with Gasteiger partial charge >= 0.3 is 0 Å². The Kier molecular flexibility index (Phi) is 8.63. The SMILES string of the molecule is CCC(C)Oc1cccc(C(=O)NC(=S)Nc2cccc(OCCc3ccccc3)c2)c1. The van der Waals surface area contributed by atoms with Gasteiger partial charge in [-0.3, -0.25) is 10.1 Å². The van der Waals surface area contributed by atoms with E-state index in [1.807, 2.05) is 55.5 Å². The lowest BCUT2D eigenvalue weighted by atomic mass is 10.2. The third kappa shape index (κ3) is 7.39. The summed E-state index contributed by atoms with van der Waals surface area (Å²) >= 11 is 5.31. The number of anilines is 1. The van der Waals surface area contributed by atoms with Crippen LogP contribution in [0.2, 0.25) is 0 Å². The van der Waals surface area contributed by atoms with Crippen molar-refractivity contribution in [3.8, 4) is 11.5 Å². The monoisotopic (exact) mass is 448 g/mol. The molecule has 0 saturated heterocycles. The molecule has 0 aliphatic rings. The molecular formula is C26H28N2O3S. The topological polar surface area (TPSA) is 59.6 Å². The molecule has 1 unspecified atom stereocenters. The molecule has 3 aromatic carbocycles. The van der Waals surface area contributed by atoms with Gasteiger partial charge in [-0.1, -0.05) is 49.4 Å². The molecule has 0 heterocycles. The zero-order valence-electron chi connectivity index (χ0n) is 18.3. The van der Waals surface area contributed by atoms with E-state index in [4.69, 9.17) is 21.7 Å². The minimum Gasteiger partial charge on any atom is -0.493 e. The molecule has 3 aromatic rings. The van der Waals surface area contributed by atoms with Crippen molar-refractivity contribution in [1.29, 1.82) is 0 Å². The molecule has 0 bridgehead atoms. The largest absolute Gasteiger partial charge is 0.493 e. The molecule has 1 atom stereocenters. The fourth-order valence-electron chi connectivity index (χ4n) is 2.96. The highest BCUT2D eigenvalue weighted by atomic mass is 32.1. The third-order valence-corrected chi connectivity index (χ3v) is 5.03. The van der Waals surface area contributed by atoms with Crippen LogP contribution in [0.4, 0.5) is 5.69 Å². The quantitative estimate of drug-likeness (QED) is 0.417. The Labute approximate surface area is 194 Å². The number of rotatable bonds is 9. The summed E-state index contributed by atoms with van der Waals surface area (Å²) in [6.45, 7) is 4.61. The molecule has 0 aliphatic carbocycles. The maximum atomic E-state index is 12.6. The number of hydrogen-bond donors (Lipinski definition) is 2. The molecule has 3 rings (SSSR count). The summed E-state index contributed by atoms with van der Waals surface area (Å²) in [6.07, 6.45) is 1.80. The standard InChI is InChI=1S/C26H28N2O3S/c1-3-19(2)31-24-14-7-11-21(17-24)25(29)28-26(32)27-22-12-8-13-23(18-22)30-16-15-20-9-5-4-6-10-20/h4-14,17-19H,3,15-16H2,1-2H3,(H2,27,28,29,32). The van der Waals surface area contributed by atoms with Crippen molar-refractivity contribution in [2.75, 3.05) is 11.9 Å². The molecule has 0 aliphatic heterocycles. The van der Waals surface area contributed by atoms with Crippen LogP contribution in [0.15, 0.2) is 78.9 Å². The number of carbonyl (C=O) groups is 1. The Morgan fingerprint density at radius 3 is 2.50 bits per heavy atom. The first-order valence-electron chi connectivity index (χ1n) is 10.7. The number of thiocarbonyl (C=S) groups is 1. The van der Waals surface area contributed by atoms with Crippen LogP contribution < -0.4 is 20.1 Å². The van der Waals surface area contributed by atoms with Gasteiger partial charge in [0.15, 0.2) is 5.11 Å². The van der Waals surface area contributed by atoms with Gasteiger partial charge in [0.1, 0.15) is 11.5 Å². The number of carbonyl (C=O) groups excluding carboxylic acids is 1. The normalized spacial score (nSPS) is 11.3. The maximum Gasteiger partial charge on any atom is 0.257 e. The van der Waals surface area contributed by atoms with E-state index in [0.29, 0.717) is 17.9 Å². The number of nitrogens with one attached hydrogen (secondary N) is 2. The molecule has 0 aromatic heterocycles. The summed E-state index contributed by atoms with van der Waals surface area (Å²) in [4.78, 5) is 12.6. The van der Waals surface area contributed by atoms with Crippen LogP contribution in [0.1, 0.15) is 36.2 Å². The molecule has 166 valence electrons. The molecule has 0 radical (unpaired) electrons. The Bertz CT molecular complexity index is 1040. The van der Waals surface area contributed by atoms with E-state index < -0.39 is 0 Å². The summed E-state index contributed by atoms with van der Waals surface area (Å²) in [5.74, 6) is 1.09. The Hall–Kier alpha value is -3.38. The average molecular weight is 449 g/mol. The summed E-state index contributed by atoms with van der Waals surface area (Å²) in [5, 5.41) is 5.96. The Morgan fingerprint density at radius 2 is 1.72 bits per heavy atom. The van der Waals surface area contributed by atoms with E-state index in [1.54, 1.807) is 18.2 Å². The molecule has 0 fully saturated rings. The van der Waals surface area contributed by atoms with E-state index in [9.17, 15) is 4.79 Å². The van der Waals surface area contributed by atoms with Crippen LogP contribution in [0, 0.1) is 0 Å². The van der Waals surface area contributed by atoms with Crippen molar-refractivity contribution in [3.63, 3.8) is 0 Å². The summed E-state index contributed by atoms with van der Waals surface area (Å²) in [6, 6.07) is 24.7. The van der Waals surface area contributed by atoms with Gasteiger partial charge in [-0.15, -0.1) is 0 Å². The van der Waals surface area contributed by atoms with Gasteiger partial charge in [0.25, 0.3) is 5.91 Å². The van der Waals surface area contributed by atoms with Crippen molar-refractivity contribution in [2.45, 2.75) is 32.8 Å². The van der Waals surface area contributed by atoms with E-state index in [0.717, 1.165) is 24.3 Å². The van der Waals surface area contributed by atoms with Crippen LogP contribution >= 0.6 is 12.2 Å². The highest BCUT2D eigenvalue weighted by molar-refractivity contribution is 7.80. The zero-order valence-corrected chi connectivity index (χ0v) is 19.2. The van der Waals surface area contributed by atoms with Crippen molar-refractivity contribution >= 4 is 28.9 Å². The molecule has 6 heteroatoms. The lowest BCUT2D eigenvalue weighted by molar-refractivity contribution is 0.0977. The number of amides is 1. The maximum absolute atomic E-state index is 12.6. The summed E-state index contributed by atoms with van der Waals surface area (Å²) in [5.41, 5.74) is 2.44. The average Bonchev–Trinajstić information content (AvgIpc) is 2.80. The Balaban J connectivity index is 1.51. The minimum absolute atomic E-state index is 0.0817. The first-order valence-corrected chi connectivity index (χ1v) is 11.1. The van der Waals surface area contributed by atoms with Crippen molar-refractivity contribution in [3.05, 3.63) is 90.0 Å². The molecule has 2 N–H and O–H groups in total. The van der Waals surface area contributed by atoms with Crippen molar-refractivity contribution in [2.24, 2.45) is 0 Å². The predicted octanol–water partition coefficient (Wildman–Crippen LogP) is 5.61. The molecule has 1 amide bonds. The number of ether oxygens (including phenoxy) is 2. The van der Waals surface area contributed by atoms with E-state index in [2.05, 4.69) is 29.7 Å². The van der Waals surface area contributed by atoms with E-state index in [-0.39, 0.29) is 17.1 Å². The summed E-state index contributed by atoms with van der Waals surface area (Å²) in [7, 11) is 0. The van der Waals surface area contributed by atoms with Gasteiger partial charge in [-0.25, -0.2) is 0 Å². The van der Waals surface area contributed by atoms with Crippen molar-refractivity contribution < 1.29 is 14.3 Å². The fraction of sp³-hybridized carbons (Fsp3) is 0.231. The fourth-order valence-corrected chi connectivity index (χ4v) is 3.17. The minimum atomic E-state index is -0.299. The van der Waals surface area contributed by atoms with E-state index >= 15 is 0 Å². The predicted molar refractivity (Wildman–Crippen MR) is 133 cm³/mol. The molecule has 0 spiro atoms. The van der Waals surface area contributed by atoms with Gasteiger partial charge < -0.3 is 14.8 Å². The second-order valence-electron chi connectivity index (χ2n) is 7.38. The van der Waals surface area contributed by atoms with Gasteiger partial charge in [-0.05, 0) is 61.5 Å². The first-order chi connectivity index (χ1) is 15.5. The van der Waals surface area contributed by atoms with Crippen LogP contribution in [-0.2, 0) is 6.42 Å². The molecule has 0 saturated carbocycles. The van der Waals surface area contributed by atoms with Gasteiger partial charge in [0.05, 0.1) is 12.7 Å². The lowest BCUT2D eigenvalue weighted by Gasteiger charge is -2.14. The number of benzene rings is 3.